The van der Waals surface area contributed by atoms with E-state index in [9.17, 15) is 16.8 Å². The molecule has 8 heteroatoms. The second-order valence-corrected chi connectivity index (χ2v) is 9.75. The van der Waals surface area contributed by atoms with E-state index in [2.05, 4.69) is 0 Å². The lowest BCUT2D eigenvalue weighted by molar-refractivity contribution is 0.549. The molecule has 2 N–H and O–H groups in total. The number of nitrogens with two attached hydrogens (primary N) is 1. The molecule has 0 saturated heterocycles. The van der Waals surface area contributed by atoms with Crippen molar-refractivity contribution in [2.75, 3.05) is 0 Å². The molecule has 1 aromatic rings. The first-order valence-electron chi connectivity index (χ1n) is 5.04. The van der Waals surface area contributed by atoms with Crippen LogP contribution < -0.4 is 5.14 Å². The second kappa shape index (κ2) is 3.78. The van der Waals surface area contributed by atoms with Crippen LogP contribution in [-0.2, 0) is 19.9 Å². The molecule has 0 spiro atoms. The maximum Gasteiger partial charge on any atom is 0.247 e. The Bertz CT molecular complexity index is 656. The molecule has 0 amide bonds. The second-order valence-electron chi connectivity index (χ2n) is 4.35. The van der Waals surface area contributed by atoms with Gasteiger partial charge in [-0.25, -0.2) is 22.0 Å². The first-order valence-corrected chi connectivity index (χ1v) is 8.95. The molecule has 96 valence electrons. The number of hydrogen-bond acceptors (Lipinski definition) is 5. The van der Waals surface area contributed by atoms with Crippen molar-refractivity contribution in [1.29, 1.82) is 0 Å². The third kappa shape index (κ3) is 2.03. The molecule has 17 heavy (non-hydrogen) atoms. The Morgan fingerprint density at radius 3 is 2.53 bits per heavy atom. The van der Waals surface area contributed by atoms with Crippen molar-refractivity contribution in [2.45, 2.75) is 39.9 Å². The van der Waals surface area contributed by atoms with Crippen molar-refractivity contribution < 1.29 is 16.8 Å². The highest BCUT2D eigenvalue weighted by molar-refractivity contribution is 7.95. The van der Waals surface area contributed by atoms with Crippen molar-refractivity contribution in [2.24, 2.45) is 5.14 Å². The number of sulfonamides is 1. The first-order chi connectivity index (χ1) is 7.64. The maximum atomic E-state index is 12.1. The number of rotatable bonds is 1. The van der Waals surface area contributed by atoms with Gasteiger partial charge in [-0.3, -0.25) is 0 Å². The normalized spacial score (nSPS) is 27.7. The molecule has 1 aliphatic rings. The van der Waals surface area contributed by atoms with E-state index in [0.29, 0.717) is 12.0 Å². The summed E-state index contributed by atoms with van der Waals surface area (Å²) in [5.74, 6) is 0.0373. The number of thiophene rings is 1. The number of primary sulfonamides is 1. The molecule has 0 aliphatic carbocycles. The summed E-state index contributed by atoms with van der Waals surface area (Å²) in [6.45, 7) is 3.54. The summed E-state index contributed by atoms with van der Waals surface area (Å²) in [5, 5.41) is 4.55. The quantitative estimate of drug-likeness (QED) is 0.838. The van der Waals surface area contributed by atoms with Crippen LogP contribution in [0.25, 0.3) is 0 Å². The lowest BCUT2D eigenvalue weighted by atomic mass is 9.99. The third-order valence-electron chi connectivity index (χ3n) is 2.99. The minimum atomic E-state index is -3.83. The topological polar surface area (TPSA) is 94.3 Å². The lowest BCUT2D eigenvalue weighted by Crippen LogP contribution is -2.25. The van der Waals surface area contributed by atoms with Crippen molar-refractivity contribution in [1.82, 2.24) is 0 Å². The lowest BCUT2D eigenvalue weighted by Gasteiger charge is -2.23. The van der Waals surface area contributed by atoms with Gasteiger partial charge in [0.25, 0.3) is 0 Å². The van der Waals surface area contributed by atoms with Gasteiger partial charge in [0.15, 0.2) is 9.84 Å². The van der Waals surface area contributed by atoms with Gasteiger partial charge in [0.1, 0.15) is 8.42 Å². The Kier molecular flexibility index (Phi) is 2.89. The number of sulfone groups is 1. The monoisotopic (exact) mass is 295 g/mol. The summed E-state index contributed by atoms with van der Waals surface area (Å²) in [4.78, 5) is 0. The smallest absolute Gasteiger partial charge is 0.224 e. The fraction of sp³-hybridized carbons (Fsp3) is 0.556. The largest absolute Gasteiger partial charge is 0.247 e. The van der Waals surface area contributed by atoms with Crippen LogP contribution in [0, 0.1) is 0 Å². The van der Waals surface area contributed by atoms with Crippen molar-refractivity contribution in [3.8, 4) is 0 Å². The molecule has 1 aromatic heterocycles. The van der Waals surface area contributed by atoms with Crippen LogP contribution in [0.4, 0.5) is 0 Å². The summed E-state index contributed by atoms with van der Waals surface area (Å²) in [5.41, 5.74) is 0.581. The van der Waals surface area contributed by atoms with E-state index in [0.717, 1.165) is 11.3 Å². The Labute approximate surface area is 105 Å². The highest BCUT2D eigenvalue weighted by Gasteiger charge is 2.37. The fourth-order valence-electron chi connectivity index (χ4n) is 2.01. The molecule has 2 heterocycles. The van der Waals surface area contributed by atoms with Crippen LogP contribution in [0.15, 0.2) is 14.5 Å². The van der Waals surface area contributed by atoms with Gasteiger partial charge in [-0.15, -0.1) is 11.3 Å². The van der Waals surface area contributed by atoms with Crippen LogP contribution in [-0.4, -0.2) is 22.1 Å². The summed E-state index contributed by atoms with van der Waals surface area (Å²) >= 11 is 0.756. The standard InChI is InChI=1S/C9H13NO4S3/c1-5-3-6(2)16(11,12)9-7(5)4-8(15-9)17(10,13)14/h4-6H,3H2,1-2H3,(H2,10,13,14)/t5-,6-/m0/s1. The zero-order valence-electron chi connectivity index (χ0n) is 9.37. The summed E-state index contributed by atoms with van der Waals surface area (Å²) in [6.07, 6.45) is 0.510. The van der Waals surface area contributed by atoms with Gasteiger partial charge in [-0.2, -0.15) is 0 Å². The Balaban J connectivity index is 2.73. The highest BCUT2D eigenvalue weighted by Crippen LogP contribution is 2.43. The van der Waals surface area contributed by atoms with E-state index in [1.54, 1.807) is 6.92 Å². The third-order valence-corrected chi connectivity index (χ3v) is 8.30. The molecule has 0 aromatic carbocycles. The van der Waals surface area contributed by atoms with Crippen LogP contribution in [0.5, 0.6) is 0 Å². The predicted molar refractivity (Wildman–Crippen MR) is 65.4 cm³/mol. The summed E-state index contributed by atoms with van der Waals surface area (Å²) in [7, 11) is -7.23. The molecular weight excluding hydrogens is 282 g/mol. The molecule has 0 bridgehead atoms. The van der Waals surface area contributed by atoms with E-state index >= 15 is 0 Å². The van der Waals surface area contributed by atoms with Crippen LogP contribution >= 0.6 is 11.3 Å². The molecular formula is C9H13NO4S3. The van der Waals surface area contributed by atoms with Crippen molar-refractivity contribution in [3.05, 3.63) is 11.6 Å². The Morgan fingerprint density at radius 1 is 1.41 bits per heavy atom. The number of hydrogen-bond donors (Lipinski definition) is 1. The van der Waals surface area contributed by atoms with Gasteiger partial charge < -0.3 is 0 Å². The fourth-order valence-corrected chi connectivity index (χ4v) is 6.64. The molecule has 0 radical (unpaired) electrons. The van der Waals surface area contributed by atoms with E-state index in [1.165, 1.54) is 6.07 Å². The number of fused-ring (bicyclic) bond motifs is 1. The van der Waals surface area contributed by atoms with Gasteiger partial charge in [0.2, 0.25) is 10.0 Å². The first kappa shape index (κ1) is 13.0. The zero-order valence-corrected chi connectivity index (χ0v) is 11.8. The minimum Gasteiger partial charge on any atom is -0.224 e. The van der Waals surface area contributed by atoms with E-state index < -0.39 is 25.1 Å². The van der Waals surface area contributed by atoms with E-state index in [4.69, 9.17) is 5.14 Å². The Morgan fingerprint density at radius 2 is 2.00 bits per heavy atom. The highest BCUT2D eigenvalue weighted by atomic mass is 32.3. The van der Waals surface area contributed by atoms with E-state index in [1.807, 2.05) is 6.92 Å². The van der Waals surface area contributed by atoms with Crippen LogP contribution in [0.3, 0.4) is 0 Å². The molecule has 0 fully saturated rings. The van der Waals surface area contributed by atoms with Crippen molar-refractivity contribution in [3.63, 3.8) is 0 Å². The van der Waals surface area contributed by atoms with Gasteiger partial charge in [-0.05, 0) is 30.9 Å². The SMILES string of the molecule is C[C@H]1C[C@H](C)S(=O)(=O)c2sc(S(N)(=O)=O)cc21. The Hall–Kier alpha value is -0.440. The average Bonchev–Trinajstić information content (AvgIpc) is 2.59. The van der Waals surface area contributed by atoms with Gasteiger partial charge >= 0.3 is 0 Å². The summed E-state index contributed by atoms with van der Waals surface area (Å²) < 4.78 is 46.7. The van der Waals surface area contributed by atoms with Gasteiger partial charge in [-0.1, -0.05) is 6.92 Å². The van der Waals surface area contributed by atoms with Gasteiger partial charge in [0.05, 0.1) is 5.25 Å². The molecule has 0 unspecified atom stereocenters. The van der Waals surface area contributed by atoms with Crippen LogP contribution in [0.1, 0.15) is 31.7 Å². The predicted octanol–water partition coefficient (Wildman–Crippen LogP) is 1.06. The molecule has 2 atom stereocenters. The maximum absolute atomic E-state index is 12.1. The molecule has 0 saturated carbocycles. The molecule has 5 nitrogen and oxygen atoms in total. The molecule has 2 rings (SSSR count). The van der Waals surface area contributed by atoms with Gasteiger partial charge in [0, 0.05) is 0 Å². The van der Waals surface area contributed by atoms with E-state index in [-0.39, 0.29) is 14.3 Å². The minimum absolute atomic E-state index is 0.0373. The zero-order chi connectivity index (χ0) is 13.0. The molecule has 1 aliphatic heterocycles. The van der Waals surface area contributed by atoms with Crippen molar-refractivity contribution >= 4 is 31.2 Å². The summed E-state index contributed by atoms with van der Waals surface area (Å²) in [6, 6.07) is 1.39. The average molecular weight is 295 g/mol. The van der Waals surface area contributed by atoms with Crippen LogP contribution in [0.2, 0.25) is 0 Å².